The number of benzene rings is 1. The normalized spacial score (nSPS) is 19.4. The molecule has 0 aliphatic carbocycles. The molecule has 0 aromatic heterocycles. The summed E-state index contributed by atoms with van der Waals surface area (Å²) in [5.74, 6) is 0.0908. The highest BCUT2D eigenvalue weighted by atomic mass is 16.2. The average molecular weight is 275 g/mol. The molecule has 4 heteroatoms. The van der Waals surface area contributed by atoms with Crippen molar-refractivity contribution in [2.24, 2.45) is 5.73 Å². The maximum absolute atomic E-state index is 12.8. The second-order valence-corrected chi connectivity index (χ2v) is 5.60. The van der Waals surface area contributed by atoms with Crippen molar-refractivity contribution in [1.29, 1.82) is 0 Å². The van der Waals surface area contributed by atoms with Crippen LogP contribution < -0.4 is 5.73 Å². The van der Waals surface area contributed by atoms with Crippen LogP contribution in [0.25, 0.3) is 0 Å². The van der Waals surface area contributed by atoms with Crippen LogP contribution in [-0.4, -0.2) is 42.0 Å². The van der Waals surface area contributed by atoms with E-state index in [1.807, 2.05) is 37.3 Å². The van der Waals surface area contributed by atoms with E-state index in [2.05, 4.69) is 4.90 Å². The van der Waals surface area contributed by atoms with Crippen molar-refractivity contribution in [2.75, 3.05) is 20.1 Å². The molecular formula is C16H25N3O. The molecule has 1 aromatic carbocycles. The largest absolute Gasteiger partial charge is 0.329 e. The number of hydrogen-bond donors (Lipinski definition) is 1. The number of likely N-dealkylation sites (tertiary alicyclic amines) is 1. The van der Waals surface area contributed by atoms with E-state index in [9.17, 15) is 4.79 Å². The molecule has 0 bridgehead atoms. The molecule has 20 heavy (non-hydrogen) atoms. The Labute approximate surface area is 121 Å². The number of piperidine rings is 1. The van der Waals surface area contributed by atoms with Crippen molar-refractivity contribution >= 4 is 5.91 Å². The molecule has 1 saturated heterocycles. The lowest BCUT2D eigenvalue weighted by Crippen LogP contribution is -2.48. The minimum atomic E-state index is -0.265. The molecule has 2 N–H and O–H groups in total. The zero-order chi connectivity index (χ0) is 14.5. The number of nitrogens with zero attached hydrogens (tertiary/aromatic N) is 2. The predicted octanol–water partition coefficient (Wildman–Crippen LogP) is 1.98. The third-order valence-electron chi connectivity index (χ3n) is 4.06. The molecule has 0 spiro atoms. The fourth-order valence-corrected chi connectivity index (χ4v) is 2.72. The lowest BCUT2D eigenvalue weighted by Gasteiger charge is -2.36. The molecule has 2 rings (SSSR count). The summed E-state index contributed by atoms with van der Waals surface area (Å²) in [5.41, 5.74) is 6.93. The summed E-state index contributed by atoms with van der Waals surface area (Å²) >= 11 is 0. The average Bonchev–Trinajstić information content (AvgIpc) is 2.48. The first kappa shape index (κ1) is 15.0. The van der Waals surface area contributed by atoms with Gasteiger partial charge in [0.25, 0.3) is 0 Å². The van der Waals surface area contributed by atoms with Gasteiger partial charge in [-0.1, -0.05) is 36.8 Å². The summed E-state index contributed by atoms with van der Waals surface area (Å²) in [7, 11) is 1.78. The molecule has 1 heterocycles. The van der Waals surface area contributed by atoms with Crippen LogP contribution in [0.3, 0.4) is 0 Å². The van der Waals surface area contributed by atoms with Crippen molar-refractivity contribution in [3.05, 3.63) is 35.9 Å². The first-order valence-electron chi connectivity index (χ1n) is 7.42. The smallest absolute Gasteiger partial charge is 0.245 e. The van der Waals surface area contributed by atoms with Gasteiger partial charge in [0.2, 0.25) is 5.91 Å². The predicted molar refractivity (Wildman–Crippen MR) is 81.0 cm³/mol. The van der Waals surface area contributed by atoms with Gasteiger partial charge in [0.05, 0.1) is 6.17 Å². The molecule has 1 aromatic rings. The number of hydrogen-bond acceptors (Lipinski definition) is 3. The van der Waals surface area contributed by atoms with E-state index in [-0.39, 0.29) is 18.1 Å². The van der Waals surface area contributed by atoms with E-state index in [0.29, 0.717) is 0 Å². The highest BCUT2D eigenvalue weighted by Gasteiger charge is 2.31. The van der Waals surface area contributed by atoms with Crippen LogP contribution in [0.5, 0.6) is 0 Å². The topological polar surface area (TPSA) is 49.6 Å². The SMILES string of the molecule is C[C@H](N)N(C)C(=O)[C@H](c1ccccc1)N1CCCCC1. The maximum Gasteiger partial charge on any atom is 0.245 e. The Balaban J connectivity index is 2.26. The summed E-state index contributed by atoms with van der Waals surface area (Å²) in [6.07, 6.45) is 3.32. The van der Waals surface area contributed by atoms with Crippen molar-refractivity contribution in [1.82, 2.24) is 9.80 Å². The summed E-state index contributed by atoms with van der Waals surface area (Å²) in [6.45, 7) is 3.81. The minimum absolute atomic E-state index is 0.0908. The molecule has 2 atom stereocenters. The van der Waals surface area contributed by atoms with Gasteiger partial charge in [-0.3, -0.25) is 9.69 Å². The van der Waals surface area contributed by atoms with E-state index < -0.39 is 0 Å². The van der Waals surface area contributed by atoms with Gasteiger partial charge < -0.3 is 10.6 Å². The molecule has 1 aliphatic rings. The standard InChI is InChI=1S/C16H25N3O/c1-13(17)18(2)16(20)15(14-9-5-3-6-10-14)19-11-7-4-8-12-19/h3,5-6,9-10,13,15H,4,7-8,11-12,17H2,1-2H3/t13-,15+/m1/s1. The second-order valence-electron chi connectivity index (χ2n) is 5.60. The number of nitrogens with two attached hydrogens (primary N) is 1. The Hall–Kier alpha value is -1.39. The third-order valence-corrected chi connectivity index (χ3v) is 4.06. The summed E-state index contributed by atoms with van der Waals surface area (Å²) in [4.78, 5) is 16.7. The zero-order valence-electron chi connectivity index (χ0n) is 12.5. The van der Waals surface area contributed by atoms with Crippen LogP contribution in [0.15, 0.2) is 30.3 Å². The number of amides is 1. The fourth-order valence-electron chi connectivity index (χ4n) is 2.72. The van der Waals surface area contributed by atoms with Gasteiger partial charge in [-0.15, -0.1) is 0 Å². The minimum Gasteiger partial charge on any atom is -0.329 e. The molecule has 1 amide bonds. The van der Waals surface area contributed by atoms with E-state index in [4.69, 9.17) is 5.73 Å². The van der Waals surface area contributed by atoms with Crippen molar-refractivity contribution < 1.29 is 4.79 Å². The Morgan fingerprint density at radius 3 is 2.35 bits per heavy atom. The van der Waals surface area contributed by atoms with Crippen molar-refractivity contribution in [3.63, 3.8) is 0 Å². The lowest BCUT2D eigenvalue weighted by atomic mass is 10.0. The number of likely N-dealkylation sites (N-methyl/N-ethyl adjacent to an activating group) is 1. The second kappa shape index (κ2) is 6.86. The van der Waals surface area contributed by atoms with Gasteiger partial charge in [0, 0.05) is 7.05 Å². The highest BCUT2D eigenvalue weighted by molar-refractivity contribution is 5.83. The number of carbonyl (C=O) groups is 1. The Bertz CT molecular complexity index is 427. The molecule has 0 saturated carbocycles. The van der Waals surface area contributed by atoms with Crippen LogP contribution in [0.2, 0.25) is 0 Å². The lowest BCUT2D eigenvalue weighted by molar-refractivity contribution is -0.138. The summed E-state index contributed by atoms with van der Waals surface area (Å²) < 4.78 is 0. The fraction of sp³-hybridized carbons (Fsp3) is 0.562. The van der Waals surface area contributed by atoms with Crippen LogP contribution in [-0.2, 0) is 4.79 Å². The molecule has 4 nitrogen and oxygen atoms in total. The first-order chi connectivity index (χ1) is 9.61. The van der Waals surface area contributed by atoms with Crippen molar-refractivity contribution in [2.45, 2.75) is 38.4 Å². The van der Waals surface area contributed by atoms with E-state index in [1.54, 1.807) is 11.9 Å². The summed E-state index contributed by atoms with van der Waals surface area (Å²) in [6, 6.07) is 9.83. The van der Waals surface area contributed by atoms with Gasteiger partial charge in [0.15, 0.2) is 0 Å². The van der Waals surface area contributed by atoms with Gasteiger partial charge in [-0.25, -0.2) is 0 Å². The van der Waals surface area contributed by atoms with Crippen molar-refractivity contribution in [3.8, 4) is 0 Å². The van der Waals surface area contributed by atoms with Crippen LogP contribution >= 0.6 is 0 Å². The van der Waals surface area contributed by atoms with Crippen LogP contribution in [0.4, 0.5) is 0 Å². The highest BCUT2D eigenvalue weighted by Crippen LogP contribution is 2.26. The van der Waals surface area contributed by atoms with E-state index in [1.165, 1.54) is 19.3 Å². The quantitative estimate of drug-likeness (QED) is 0.855. The molecule has 0 radical (unpaired) electrons. The molecular weight excluding hydrogens is 250 g/mol. The Kier molecular flexibility index (Phi) is 5.15. The maximum atomic E-state index is 12.8. The Morgan fingerprint density at radius 1 is 1.20 bits per heavy atom. The van der Waals surface area contributed by atoms with Gasteiger partial charge in [-0.2, -0.15) is 0 Å². The first-order valence-corrected chi connectivity index (χ1v) is 7.42. The van der Waals surface area contributed by atoms with Crippen LogP contribution in [0, 0.1) is 0 Å². The summed E-state index contributed by atoms with van der Waals surface area (Å²) in [5, 5.41) is 0. The zero-order valence-corrected chi connectivity index (χ0v) is 12.5. The number of rotatable bonds is 4. The van der Waals surface area contributed by atoms with Gasteiger partial charge >= 0.3 is 0 Å². The molecule has 1 aliphatic heterocycles. The van der Waals surface area contributed by atoms with Gasteiger partial charge in [-0.05, 0) is 38.4 Å². The number of carbonyl (C=O) groups excluding carboxylic acids is 1. The van der Waals surface area contributed by atoms with Crippen LogP contribution in [0.1, 0.15) is 37.8 Å². The van der Waals surface area contributed by atoms with E-state index >= 15 is 0 Å². The molecule has 0 unspecified atom stereocenters. The molecule has 1 fully saturated rings. The Morgan fingerprint density at radius 2 is 1.80 bits per heavy atom. The third kappa shape index (κ3) is 3.38. The van der Waals surface area contributed by atoms with E-state index in [0.717, 1.165) is 18.7 Å². The molecule has 110 valence electrons. The van der Waals surface area contributed by atoms with Gasteiger partial charge in [0.1, 0.15) is 6.04 Å². The monoisotopic (exact) mass is 275 g/mol.